The number of amides is 1. The van der Waals surface area contributed by atoms with Crippen LogP contribution in [-0.4, -0.2) is 38.9 Å². The van der Waals surface area contributed by atoms with Crippen LogP contribution in [0, 0.1) is 0 Å². The van der Waals surface area contributed by atoms with Gasteiger partial charge in [-0.2, -0.15) is 11.8 Å². The number of rotatable bonds is 7. The van der Waals surface area contributed by atoms with Crippen LogP contribution in [0.15, 0.2) is 35.7 Å². The molecule has 1 atom stereocenters. The Bertz CT molecular complexity index is 879. The predicted molar refractivity (Wildman–Crippen MR) is 110 cm³/mol. The fourth-order valence-electron chi connectivity index (χ4n) is 3.16. The van der Waals surface area contributed by atoms with Crippen molar-refractivity contribution in [3.63, 3.8) is 0 Å². The number of fused-ring (bicyclic) bond motifs is 1. The molecule has 2 heterocycles. The smallest absolute Gasteiger partial charge is 0.251 e. The molecule has 0 saturated carbocycles. The number of carbonyl (C=O) groups is 1. The summed E-state index contributed by atoms with van der Waals surface area (Å²) in [5.41, 5.74) is 2.17. The van der Waals surface area contributed by atoms with Crippen LogP contribution in [0.5, 0.6) is 0 Å². The van der Waals surface area contributed by atoms with Crippen molar-refractivity contribution in [3.8, 4) is 0 Å². The maximum absolute atomic E-state index is 12.3. The Morgan fingerprint density at radius 3 is 2.88 bits per heavy atom. The number of anilines is 1. The second kappa shape index (κ2) is 8.02. The van der Waals surface area contributed by atoms with Crippen LogP contribution in [0.25, 0.3) is 0 Å². The van der Waals surface area contributed by atoms with Crippen molar-refractivity contribution in [2.24, 2.45) is 0 Å². The summed E-state index contributed by atoms with van der Waals surface area (Å²) < 4.78 is 25.4. The number of sulfonamides is 1. The highest BCUT2D eigenvalue weighted by Crippen LogP contribution is 2.34. The van der Waals surface area contributed by atoms with Crippen molar-refractivity contribution in [1.29, 1.82) is 0 Å². The van der Waals surface area contributed by atoms with E-state index in [1.807, 2.05) is 19.1 Å². The highest BCUT2D eigenvalue weighted by atomic mass is 32.2. The zero-order valence-electron chi connectivity index (χ0n) is 14.8. The first-order valence-corrected chi connectivity index (χ1v) is 12.2. The first kappa shape index (κ1) is 19.3. The molecule has 0 saturated heterocycles. The summed E-state index contributed by atoms with van der Waals surface area (Å²) in [6.45, 7) is 2.49. The lowest BCUT2D eigenvalue weighted by Gasteiger charge is -2.21. The standard InChI is InChI=1S/C18H22N2O3S3/c1-13-10-15-11-14(5-6-17(15)20(13)26(2,22)23)18(21)19-7-9-24-12-16-4-3-8-25-16/h3-6,8,11,13H,7,9-10,12H2,1-2H3,(H,19,21)/t13-/m0/s1. The Balaban J connectivity index is 1.55. The predicted octanol–water partition coefficient (Wildman–Crippen LogP) is 3.12. The lowest BCUT2D eigenvalue weighted by molar-refractivity contribution is 0.0956. The minimum Gasteiger partial charge on any atom is -0.351 e. The third-order valence-corrected chi connectivity index (χ3v) is 7.55. The molecule has 2 aromatic rings. The molecule has 8 heteroatoms. The molecule has 1 aliphatic rings. The normalized spacial score (nSPS) is 16.5. The van der Waals surface area contributed by atoms with Crippen LogP contribution in [0.4, 0.5) is 5.69 Å². The van der Waals surface area contributed by atoms with E-state index in [4.69, 9.17) is 0 Å². The lowest BCUT2D eigenvalue weighted by atomic mass is 10.1. The number of hydrogen-bond donors (Lipinski definition) is 1. The quantitative estimate of drug-likeness (QED) is 0.712. The minimum atomic E-state index is -3.31. The zero-order chi connectivity index (χ0) is 18.7. The van der Waals surface area contributed by atoms with Gasteiger partial charge in [-0.1, -0.05) is 6.07 Å². The summed E-state index contributed by atoms with van der Waals surface area (Å²) in [4.78, 5) is 13.7. The van der Waals surface area contributed by atoms with Gasteiger partial charge in [-0.15, -0.1) is 11.3 Å². The molecular weight excluding hydrogens is 388 g/mol. The van der Waals surface area contributed by atoms with E-state index in [0.29, 0.717) is 24.2 Å². The van der Waals surface area contributed by atoms with Crippen LogP contribution >= 0.6 is 23.1 Å². The number of nitrogens with one attached hydrogen (secondary N) is 1. The highest BCUT2D eigenvalue weighted by molar-refractivity contribution is 7.98. The van der Waals surface area contributed by atoms with E-state index in [2.05, 4.69) is 16.8 Å². The van der Waals surface area contributed by atoms with Gasteiger partial charge < -0.3 is 5.32 Å². The molecule has 1 amide bonds. The lowest BCUT2D eigenvalue weighted by Crippen LogP contribution is -2.34. The van der Waals surface area contributed by atoms with Crippen molar-refractivity contribution in [2.75, 3.05) is 22.9 Å². The molecule has 1 aromatic carbocycles. The van der Waals surface area contributed by atoms with Crippen molar-refractivity contribution in [1.82, 2.24) is 5.32 Å². The monoisotopic (exact) mass is 410 g/mol. The van der Waals surface area contributed by atoms with E-state index in [1.165, 1.54) is 15.4 Å². The van der Waals surface area contributed by atoms with Gasteiger partial charge in [-0.25, -0.2) is 8.42 Å². The molecule has 0 aliphatic carbocycles. The molecule has 26 heavy (non-hydrogen) atoms. The molecule has 1 aromatic heterocycles. The largest absolute Gasteiger partial charge is 0.351 e. The molecule has 0 spiro atoms. The molecule has 1 N–H and O–H groups in total. The van der Waals surface area contributed by atoms with Gasteiger partial charge >= 0.3 is 0 Å². The van der Waals surface area contributed by atoms with Gasteiger partial charge in [0.2, 0.25) is 10.0 Å². The molecule has 1 aliphatic heterocycles. The number of thiophene rings is 1. The highest BCUT2D eigenvalue weighted by Gasteiger charge is 2.32. The van der Waals surface area contributed by atoms with E-state index in [-0.39, 0.29) is 11.9 Å². The minimum absolute atomic E-state index is 0.116. The van der Waals surface area contributed by atoms with Gasteiger partial charge in [0.15, 0.2) is 0 Å². The molecule has 5 nitrogen and oxygen atoms in total. The Morgan fingerprint density at radius 1 is 1.38 bits per heavy atom. The average Bonchev–Trinajstić information content (AvgIpc) is 3.19. The first-order chi connectivity index (χ1) is 12.4. The zero-order valence-corrected chi connectivity index (χ0v) is 17.2. The van der Waals surface area contributed by atoms with Crippen molar-refractivity contribution < 1.29 is 13.2 Å². The maximum Gasteiger partial charge on any atom is 0.251 e. The topological polar surface area (TPSA) is 66.5 Å². The maximum atomic E-state index is 12.3. The SMILES string of the molecule is C[C@H]1Cc2cc(C(=O)NCCSCc3cccs3)ccc2N1S(C)(=O)=O. The fraction of sp³-hybridized carbons (Fsp3) is 0.389. The summed E-state index contributed by atoms with van der Waals surface area (Å²) in [7, 11) is -3.31. The van der Waals surface area contributed by atoms with E-state index in [1.54, 1.807) is 35.2 Å². The summed E-state index contributed by atoms with van der Waals surface area (Å²) in [5, 5.41) is 5.00. The Morgan fingerprint density at radius 2 is 2.19 bits per heavy atom. The molecule has 140 valence electrons. The molecular formula is C18H22N2O3S3. The van der Waals surface area contributed by atoms with Gasteiger partial charge in [0.1, 0.15) is 0 Å². The molecule has 3 rings (SSSR count). The second-order valence-electron chi connectivity index (χ2n) is 6.34. The van der Waals surface area contributed by atoms with Gasteiger partial charge in [-0.3, -0.25) is 9.10 Å². The van der Waals surface area contributed by atoms with E-state index in [9.17, 15) is 13.2 Å². The summed E-state index contributed by atoms with van der Waals surface area (Å²) in [5.74, 6) is 1.70. The Hall–Kier alpha value is -1.51. The Kier molecular flexibility index (Phi) is 5.94. The van der Waals surface area contributed by atoms with Crippen LogP contribution in [0.2, 0.25) is 0 Å². The molecule has 0 fully saturated rings. The number of nitrogens with zero attached hydrogens (tertiary/aromatic N) is 1. The molecule has 0 bridgehead atoms. The van der Waals surface area contributed by atoms with Gasteiger partial charge in [0, 0.05) is 34.5 Å². The summed E-state index contributed by atoms with van der Waals surface area (Å²) in [6, 6.07) is 9.28. The number of hydrogen-bond acceptors (Lipinski definition) is 5. The third-order valence-electron chi connectivity index (χ3n) is 4.21. The van der Waals surface area contributed by atoms with Crippen LogP contribution in [0.1, 0.15) is 27.7 Å². The van der Waals surface area contributed by atoms with Crippen molar-refractivity contribution >= 4 is 44.7 Å². The van der Waals surface area contributed by atoms with E-state index < -0.39 is 10.0 Å². The molecule has 0 radical (unpaired) electrons. The van der Waals surface area contributed by atoms with Gasteiger partial charge in [0.25, 0.3) is 5.91 Å². The van der Waals surface area contributed by atoms with Crippen LogP contribution in [-0.2, 0) is 22.2 Å². The van der Waals surface area contributed by atoms with Crippen LogP contribution < -0.4 is 9.62 Å². The average molecular weight is 411 g/mol. The Labute approximate surface area is 162 Å². The fourth-order valence-corrected chi connectivity index (χ4v) is 6.12. The van der Waals surface area contributed by atoms with Crippen molar-refractivity contribution in [2.45, 2.75) is 25.1 Å². The van der Waals surface area contributed by atoms with Gasteiger partial charge in [0.05, 0.1) is 11.9 Å². The number of thioether (sulfide) groups is 1. The van der Waals surface area contributed by atoms with Crippen LogP contribution in [0.3, 0.4) is 0 Å². The number of benzene rings is 1. The second-order valence-corrected chi connectivity index (χ2v) is 10.3. The van der Waals surface area contributed by atoms with E-state index in [0.717, 1.165) is 17.1 Å². The third kappa shape index (κ3) is 4.42. The summed E-state index contributed by atoms with van der Waals surface area (Å²) >= 11 is 3.54. The number of carbonyl (C=O) groups excluding carboxylic acids is 1. The van der Waals surface area contributed by atoms with Crippen molar-refractivity contribution in [3.05, 3.63) is 51.7 Å². The molecule has 0 unspecified atom stereocenters. The van der Waals surface area contributed by atoms with Gasteiger partial charge in [-0.05, 0) is 48.6 Å². The first-order valence-electron chi connectivity index (χ1n) is 8.37. The van der Waals surface area contributed by atoms with E-state index >= 15 is 0 Å². The summed E-state index contributed by atoms with van der Waals surface area (Å²) in [6.07, 6.45) is 1.84.